The molecule has 0 aliphatic rings. The van der Waals surface area contributed by atoms with Crippen molar-refractivity contribution in [3.8, 4) is 0 Å². The van der Waals surface area contributed by atoms with Gasteiger partial charge in [-0.2, -0.15) is 0 Å². The van der Waals surface area contributed by atoms with Crippen molar-refractivity contribution in [2.45, 2.75) is 31.4 Å². The van der Waals surface area contributed by atoms with Crippen molar-refractivity contribution in [3.05, 3.63) is 0 Å². The fraction of sp³-hybridized carbons (Fsp3) is 0.900. The number of sulfonamides is 1. The Morgan fingerprint density at radius 3 is 2.41 bits per heavy atom. The zero-order valence-electron chi connectivity index (χ0n) is 10.5. The molecule has 0 rings (SSSR count). The number of esters is 1. The van der Waals surface area contributed by atoms with Gasteiger partial charge in [0.15, 0.2) is 5.25 Å². The Morgan fingerprint density at radius 1 is 1.35 bits per heavy atom. The summed E-state index contributed by atoms with van der Waals surface area (Å²) in [5.41, 5.74) is 0. The maximum atomic E-state index is 11.9. The number of ether oxygens (including phenoxy) is 1. The van der Waals surface area contributed by atoms with Crippen LogP contribution in [0.3, 0.4) is 0 Å². The average molecular weight is 267 g/mol. The van der Waals surface area contributed by atoms with Gasteiger partial charge in [0.2, 0.25) is 10.0 Å². The van der Waals surface area contributed by atoms with Crippen LogP contribution in [0.25, 0.3) is 0 Å². The molecule has 0 aliphatic carbocycles. The van der Waals surface area contributed by atoms with Crippen molar-refractivity contribution in [3.63, 3.8) is 0 Å². The summed E-state index contributed by atoms with van der Waals surface area (Å²) >= 11 is 0. The van der Waals surface area contributed by atoms with E-state index in [2.05, 4.69) is 4.74 Å². The van der Waals surface area contributed by atoms with Gasteiger partial charge in [-0.25, -0.2) is 12.7 Å². The van der Waals surface area contributed by atoms with E-state index in [9.17, 15) is 13.2 Å². The smallest absolute Gasteiger partial charge is 0.325 e. The molecule has 0 fully saturated rings. The minimum Gasteiger partial charge on any atom is -0.468 e. The lowest BCUT2D eigenvalue weighted by molar-refractivity contribution is -0.139. The van der Waals surface area contributed by atoms with Crippen molar-refractivity contribution >= 4 is 16.0 Å². The van der Waals surface area contributed by atoms with Gasteiger partial charge in [0.25, 0.3) is 0 Å². The van der Waals surface area contributed by atoms with E-state index in [1.807, 2.05) is 0 Å². The summed E-state index contributed by atoms with van der Waals surface area (Å²) < 4.78 is 29.3. The molecule has 6 nitrogen and oxygen atoms in total. The van der Waals surface area contributed by atoms with Gasteiger partial charge in [-0.1, -0.05) is 0 Å². The highest BCUT2D eigenvalue weighted by atomic mass is 32.2. The van der Waals surface area contributed by atoms with E-state index in [1.54, 1.807) is 0 Å². The van der Waals surface area contributed by atoms with Crippen LogP contribution in [-0.4, -0.2) is 56.4 Å². The molecule has 1 N–H and O–H groups in total. The molecule has 0 heterocycles. The Morgan fingerprint density at radius 2 is 1.94 bits per heavy atom. The molecule has 0 aromatic carbocycles. The highest BCUT2D eigenvalue weighted by Gasteiger charge is 2.32. The lowest BCUT2D eigenvalue weighted by Gasteiger charge is -2.20. The number of methoxy groups -OCH3 is 1. The zero-order chi connectivity index (χ0) is 13.5. The van der Waals surface area contributed by atoms with Gasteiger partial charge in [0.1, 0.15) is 0 Å². The first-order chi connectivity index (χ1) is 7.87. The first kappa shape index (κ1) is 16.3. The molecule has 17 heavy (non-hydrogen) atoms. The van der Waals surface area contributed by atoms with Gasteiger partial charge in [-0.05, 0) is 26.2 Å². The van der Waals surface area contributed by atoms with Crippen LogP contribution in [0.4, 0.5) is 0 Å². The molecule has 0 saturated heterocycles. The highest BCUT2D eigenvalue weighted by Crippen LogP contribution is 2.10. The van der Waals surface area contributed by atoms with Gasteiger partial charge in [0, 0.05) is 20.2 Å². The fourth-order valence-electron chi connectivity index (χ4n) is 1.31. The van der Waals surface area contributed by atoms with E-state index in [0.717, 1.165) is 17.8 Å². The zero-order valence-corrected chi connectivity index (χ0v) is 11.4. The van der Waals surface area contributed by atoms with E-state index >= 15 is 0 Å². The maximum absolute atomic E-state index is 11.9. The third-order valence-electron chi connectivity index (χ3n) is 2.55. The SMILES string of the molecule is COC(=O)C(C)S(=O)(=O)N(C)CCCCCO. The van der Waals surface area contributed by atoms with Crippen molar-refractivity contribution in [1.82, 2.24) is 4.31 Å². The lowest BCUT2D eigenvalue weighted by Crippen LogP contribution is -2.39. The fourth-order valence-corrected chi connectivity index (χ4v) is 2.57. The standard InChI is InChI=1S/C10H21NO5S/c1-9(10(13)16-3)17(14,15)11(2)7-5-4-6-8-12/h9,12H,4-8H2,1-3H3. The van der Waals surface area contributed by atoms with Gasteiger partial charge in [-0.3, -0.25) is 4.79 Å². The number of aliphatic hydroxyl groups excluding tert-OH is 1. The predicted octanol–water partition coefficient (Wildman–Crippen LogP) is -0.0279. The molecule has 0 amide bonds. The summed E-state index contributed by atoms with van der Waals surface area (Å²) in [6.45, 7) is 1.75. The Hall–Kier alpha value is -0.660. The molecule has 0 spiro atoms. The van der Waals surface area contributed by atoms with Gasteiger partial charge < -0.3 is 9.84 Å². The second-order valence-electron chi connectivity index (χ2n) is 3.82. The molecule has 0 aliphatic heterocycles. The van der Waals surface area contributed by atoms with Gasteiger partial charge >= 0.3 is 5.97 Å². The van der Waals surface area contributed by atoms with Gasteiger partial charge in [0.05, 0.1) is 7.11 Å². The molecule has 1 atom stereocenters. The average Bonchev–Trinajstić information content (AvgIpc) is 2.32. The number of hydrogen-bond donors (Lipinski definition) is 1. The van der Waals surface area contributed by atoms with Crippen LogP contribution in [0.15, 0.2) is 0 Å². The second kappa shape index (κ2) is 7.62. The summed E-state index contributed by atoms with van der Waals surface area (Å²) in [6, 6.07) is 0. The van der Waals surface area contributed by atoms with Crippen LogP contribution >= 0.6 is 0 Å². The molecule has 0 bridgehead atoms. The first-order valence-electron chi connectivity index (χ1n) is 5.51. The van der Waals surface area contributed by atoms with E-state index < -0.39 is 21.2 Å². The summed E-state index contributed by atoms with van der Waals surface area (Å²) in [5.74, 6) is -0.757. The van der Waals surface area contributed by atoms with Gasteiger partial charge in [-0.15, -0.1) is 0 Å². The van der Waals surface area contributed by atoms with Crippen molar-refractivity contribution in [2.75, 3.05) is 27.3 Å². The Kier molecular flexibility index (Phi) is 7.33. The summed E-state index contributed by atoms with van der Waals surface area (Å²) in [4.78, 5) is 11.2. The number of nitrogens with zero attached hydrogens (tertiary/aromatic N) is 1. The molecular weight excluding hydrogens is 246 g/mol. The number of unbranched alkanes of at least 4 members (excludes halogenated alkanes) is 2. The number of carbonyl (C=O) groups is 1. The second-order valence-corrected chi connectivity index (χ2v) is 6.18. The monoisotopic (exact) mass is 267 g/mol. The largest absolute Gasteiger partial charge is 0.468 e. The third kappa shape index (κ3) is 5.01. The molecule has 0 aromatic rings. The molecule has 0 aromatic heterocycles. The summed E-state index contributed by atoms with van der Waals surface area (Å²) in [7, 11) is -1.04. The predicted molar refractivity (Wildman–Crippen MR) is 64.0 cm³/mol. The molecule has 1 unspecified atom stereocenters. The van der Waals surface area contributed by atoms with Crippen molar-refractivity contribution in [1.29, 1.82) is 0 Å². The Balaban J connectivity index is 4.34. The minimum absolute atomic E-state index is 0.106. The van der Waals surface area contributed by atoms with E-state index in [0.29, 0.717) is 19.4 Å². The minimum atomic E-state index is -3.64. The van der Waals surface area contributed by atoms with Crippen molar-refractivity contribution < 1.29 is 23.1 Å². The van der Waals surface area contributed by atoms with Crippen LogP contribution in [0, 0.1) is 0 Å². The van der Waals surface area contributed by atoms with E-state index in [-0.39, 0.29) is 6.61 Å². The van der Waals surface area contributed by atoms with Crippen molar-refractivity contribution in [2.24, 2.45) is 0 Å². The molecular formula is C10H21NO5S. The molecule has 0 saturated carbocycles. The van der Waals surface area contributed by atoms with Crippen LogP contribution in [0.1, 0.15) is 26.2 Å². The normalized spacial score (nSPS) is 13.7. The van der Waals surface area contributed by atoms with Crippen LogP contribution in [0.5, 0.6) is 0 Å². The molecule has 102 valence electrons. The number of hydrogen-bond acceptors (Lipinski definition) is 5. The highest BCUT2D eigenvalue weighted by molar-refractivity contribution is 7.90. The number of rotatable bonds is 8. The van der Waals surface area contributed by atoms with Crippen LogP contribution in [-0.2, 0) is 19.6 Å². The number of carbonyl (C=O) groups excluding carboxylic acids is 1. The van der Waals surface area contributed by atoms with Crippen LogP contribution in [0.2, 0.25) is 0 Å². The first-order valence-corrected chi connectivity index (χ1v) is 7.02. The van der Waals surface area contributed by atoms with E-state index in [4.69, 9.17) is 5.11 Å². The lowest BCUT2D eigenvalue weighted by atomic mass is 10.2. The Labute approximate surface area is 103 Å². The summed E-state index contributed by atoms with van der Waals surface area (Å²) in [6.07, 6.45) is 2.06. The van der Waals surface area contributed by atoms with Crippen LogP contribution < -0.4 is 0 Å². The topological polar surface area (TPSA) is 83.9 Å². The molecule has 0 radical (unpaired) electrons. The third-order valence-corrected chi connectivity index (χ3v) is 4.68. The Bertz CT molecular complexity index is 328. The quantitative estimate of drug-likeness (QED) is 0.493. The van der Waals surface area contributed by atoms with E-state index in [1.165, 1.54) is 14.0 Å². The molecule has 7 heteroatoms. The number of aliphatic hydroxyl groups is 1. The summed E-state index contributed by atoms with van der Waals surface area (Å²) in [5, 5.41) is 7.41. The maximum Gasteiger partial charge on any atom is 0.325 e.